The number of rotatable bonds is 6. The van der Waals surface area contributed by atoms with Gasteiger partial charge in [-0.2, -0.15) is 26.7 Å². The molecule has 112 valence electrons. The summed E-state index contributed by atoms with van der Waals surface area (Å²) < 4.78 is 5.76. The number of anilines is 1. The standard InChI is InChI=1S/C13H21ClN4OS/c1-9(2)19-12-17-10(14)16-11(18-12)15-8-13(20-3)6-4-5-7-13/h9H,4-8H2,1-3H3,(H,15,16,17,18). The second kappa shape index (κ2) is 6.80. The largest absolute Gasteiger partial charge is 0.461 e. The Morgan fingerprint density at radius 1 is 1.30 bits per heavy atom. The minimum Gasteiger partial charge on any atom is -0.461 e. The van der Waals surface area contributed by atoms with E-state index in [1.807, 2.05) is 25.6 Å². The molecule has 0 unspecified atom stereocenters. The lowest BCUT2D eigenvalue weighted by Crippen LogP contribution is -2.30. The van der Waals surface area contributed by atoms with Gasteiger partial charge in [-0.1, -0.05) is 12.8 Å². The molecule has 1 aliphatic rings. The van der Waals surface area contributed by atoms with E-state index < -0.39 is 0 Å². The smallest absolute Gasteiger partial charge is 0.322 e. The van der Waals surface area contributed by atoms with Crippen molar-refractivity contribution in [2.75, 3.05) is 18.1 Å². The molecule has 1 fully saturated rings. The van der Waals surface area contributed by atoms with Crippen LogP contribution in [0, 0.1) is 0 Å². The molecule has 1 N–H and O–H groups in total. The number of nitrogens with one attached hydrogen (secondary N) is 1. The fraction of sp³-hybridized carbons (Fsp3) is 0.769. The van der Waals surface area contributed by atoms with Crippen LogP contribution in [0.4, 0.5) is 5.95 Å². The molecule has 2 rings (SSSR count). The Balaban J connectivity index is 2.03. The van der Waals surface area contributed by atoms with Gasteiger partial charge in [0.1, 0.15) is 0 Å². The van der Waals surface area contributed by atoms with E-state index in [4.69, 9.17) is 16.3 Å². The lowest BCUT2D eigenvalue weighted by Gasteiger charge is -2.26. The first kappa shape index (κ1) is 15.6. The van der Waals surface area contributed by atoms with Crippen molar-refractivity contribution in [2.45, 2.75) is 50.4 Å². The molecule has 0 aromatic carbocycles. The fourth-order valence-electron chi connectivity index (χ4n) is 2.39. The molecular weight excluding hydrogens is 296 g/mol. The second-order valence-electron chi connectivity index (χ2n) is 5.33. The van der Waals surface area contributed by atoms with Gasteiger partial charge >= 0.3 is 6.01 Å². The summed E-state index contributed by atoms with van der Waals surface area (Å²) in [5.74, 6) is 0.487. The zero-order chi connectivity index (χ0) is 14.6. The lowest BCUT2D eigenvalue weighted by atomic mass is 10.1. The van der Waals surface area contributed by atoms with E-state index in [1.165, 1.54) is 25.7 Å². The van der Waals surface area contributed by atoms with Crippen LogP contribution in [0.25, 0.3) is 0 Å². The van der Waals surface area contributed by atoms with Gasteiger partial charge in [0.25, 0.3) is 0 Å². The van der Waals surface area contributed by atoms with Crippen LogP contribution in [0.5, 0.6) is 6.01 Å². The monoisotopic (exact) mass is 316 g/mol. The summed E-state index contributed by atoms with van der Waals surface area (Å²) in [5.41, 5.74) is 0. The second-order valence-corrected chi connectivity index (χ2v) is 6.94. The number of hydrogen-bond acceptors (Lipinski definition) is 6. The zero-order valence-corrected chi connectivity index (χ0v) is 13.7. The SMILES string of the molecule is CSC1(CNc2nc(Cl)nc(OC(C)C)n2)CCCC1. The van der Waals surface area contributed by atoms with Crippen LogP contribution in [-0.4, -0.2) is 38.6 Å². The summed E-state index contributed by atoms with van der Waals surface area (Å²) in [6, 6.07) is 0.270. The summed E-state index contributed by atoms with van der Waals surface area (Å²) in [6.07, 6.45) is 7.23. The van der Waals surface area contributed by atoms with E-state index in [2.05, 4.69) is 26.5 Å². The van der Waals surface area contributed by atoms with Gasteiger partial charge in [-0.3, -0.25) is 0 Å². The predicted molar refractivity (Wildman–Crippen MR) is 83.8 cm³/mol. The van der Waals surface area contributed by atoms with Crippen molar-refractivity contribution >= 4 is 29.3 Å². The summed E-state index contributed by atoms with van der Waals surface area (Å²) >= 11 is 7.83. The Bertz CT molecular complexity index is 452. The number of ether oxygens (including phenoxy) is 1. The van der Waals surface area contributed by atoms with Gasteiger partial charge in [-0.05, 0) is 44.5 Å². The number of nitrogens with zero attached hydrogens (tertiary/aromatic N) is 3. The van der Waals surface area contributed by atoms with Gasteiger partial charge in [0.15, 0.2) is 0 Å². The fourth-order valence-corrected chi connectivity index (χ4v) is 3.45. The van der Waals surface area contributed by atoms with Crippen molar-refractivity contribution in [2.24, 2.45) is 0 Å². The normalized spacial score (nSPS) is 17.4. The molecule has 1 aromatic heterocycles. The summed E-state index contributed by atoms with van der Waals surface area (Å²) in [4.78, 5) is 12.3. The third kappa shape index (κ3) is 4.12. The van der Waals surface area contributed by atoms with Crippen molar-refractivity contribution in [3.8, 4) is 6.01 Å². The molecule has 5 nitrogen and oxygen atoms in total. The first-order valence-electron chi connectivity index (χ1n) is 6.90. The quantitative estimate of drug-likeness (QED) is 0.868. The maximum Gasteiger partial charge on any atom is 0.322 e. The Labute approximate surface area is 129 Å². The topological polar surface area (TPSA) is 59.9 Å². The molecule has 1 aliphatic carbocycles. The van der Waals surface area contributed by atoms with Gasteiger partial charge in [-0.25, -0.2) is 0 Å². The van der Waals surface area contributed by atoms with Gasteiger partial charge in [0.05, 0.1) is 6.10 Å². The van der Waals surface area contributed by atoms with Crippen molar-refractivity contribution < 1.29 is 4.74 Å². The highest BCUT2D eigenvalue weighted by Gasteiger charge is 2.32. The summed E-state index contributed by atoms with van der Waals surface area (Å²) in [7, 11) is 0. The Kier molecular flexibility index (Phi) is 5.32. The van der Waals surface area contributed by atoms with Crippen molar-refractivity contribution in [3.63, 3.8) is 0 Å². The first-order chi connectivity index (χ1) is 9.53. The molecule has 1 saturated carbocycles. The van der Waals surface area contributed by atoms with Crippen LogP contribution in [0.1, 0.15) is 39.5 Å². The van der Waals surface area contributed by atoms with Crippen molar-refractivity contribution in [1.82, 2.24) is 15.0 Å². The number of thioether (sulfide) groups is 1. The van der Waals surface area contributed by atoms with E-state index in [0.717, 1.165) is 6.54 Å². The van der Waals surface area contributed by atoms with Gasteiger partial charge < -0.3 is 10.1 Å². The van der Waals surface area contributed by atoms with E-state index in [1.54, 1.807) is 0 Å². The molecule has 0 radical (unpaired) electrons. The maximum absolute atomic E-state index is 5.91. The van der Waals surface area contributed by atoms with Gasteiger partial charge in [0.2, 0.25) is 11.2 Å². The molecular formula is C13H21ClN4OS. The predicted octanol–water partition coefficient (Wildman–Crippen LogP) is 3.40. The third-order valence-corrected chi connectivity index (χ3v) is 5.03. The zero-order valence-electron chi connectivity index (χ0n) is 12.1. The van der Waals surface area contributed by atoms with Crippen molar-refractivity contribution in [3.05, 3.63) is 5.28 Å². The highest BCUT2D eigenvalue weighted by atomic mass is 35.5. The summed E-state index contributed by atoms with van der Waals surface area (Å²) in [6.45, 7) is 4.69. The Morgan fingerprint density at radius 2 is 2.00 bits per heavy atom. The maximum atomic E-state index is 5.91. The Hall–Kier alpha value is -0.750. The number of hydrogen-bond donors (Lipinski definition) is 1. The van der Waals surface area contributed by atoms with Crippen LogP contribution in [0.15, 0.2) is 0 Å². The minimum absolute atomic E-state index is 0.00804. The lowest BCUT2D eigenvalue weighted by molar-refractivity contribution is 0.222. The van der Waals surface area contributed by atoms with Crippen molar-refractivity contribution in [1.29, 1.82) is 0 Å². The van der Waals surface area contributed by atoms with E-state index >= 15 is 0 Å². The molecule has 0 atom stereocenters. The molecule has 0 bridgehead atoms. The highest BCUT2D eigenvalue weighted by Crippen LogP contribution is 2.40. The Morgan fingerprint density at radius 3 is 2.60 bits per heavy atom. The molecule has 1 aromatic rings. The van der Waals surface area contributed by atoms with E-state index in [9.17, 15) is 0 Å². The average Bonchev–Trinajstić information content (AvgIpc) is 2.84. The highest BCUT2D eigenvalue weighted by molar-refractivity contribution is 8.00. The van der Waals surface area contributed by atoms with E-state index in [0.29, 0.717) is 5.95 Å². The van der Waals surface area contributed by atoms with Crippen LogP contribution >= 0.6 is 23.4 Å². The molecule has 0 spiro atoms. The molecule has 7 heteroatoms. The van der Waals surface area contributed by atoms with Crippen LogP contribution in [0.2, 0.25) is 5.28 Å². The van der Waals surface area contributed by atoms with Gasteiger partial charge in [-0.15, -0.1) is 0 Å². The summed E-state index contributed by atoms with van der Waals surface area (Å²) in [5, 5.41) is 3.44. The van der Waals surface area contributed by atoms with Crippen LogP contribution < -0.4 is 10.1 Å². The number of aromatic nitrogens is 3. The molecule has 0 amide bonds. The van der Waals surface area contributed by atoms with E-state index in [-0.39, 0.29) is 22.1 Å². The third-order valence-electron chi connectivity index (χ3n) is 3.45. The van der Waals surface area contributed by atoms with Gasteiger partial charge in [0, 0.05) is 11.3 Å². The average molecular weight is 317 g/mol. The van der Waals surface area contributed by atoms with Crippen LogP contribution in [-0.2, 0) is 0 Å². The molecule has 1 heterocycles. The molecule has 0 saturated heterocycles. The number of halogens is 1. The molecule has 20 heavy (non-hydrogen) atoms. The van der Waals surface area contributed by atoms with Crippen LogP contribution in [0.3, 0.4) is 0 Å². The first-order valence-corrected chi connectivity index (χ1v) is 8.50. The minimum atomic E-state index is 0.00804. The molecule has 0 aliphatic heterocycles.